The summed E-state index contributed by atoms with van der Waals surface area (Å²) in [5, 5.41) is -0.642. The van der Waals surface area contributed by atoms with Crippen LogP contribution in [-0.4, -0.2) is 97.4 Å². The Kier molecular flexibility index (Phi) is 28.5. The molecule has 0 aliphatic rings. The molecule has 0 unspecified atom stereocenters. The minimum absolute atomic E-state index is 0. The van der Waals surface area contributed by atoms with E-state index in [9.17, 15) is 28.8 Å². The molecule has 3 rings (SSSR count). The molecule has 0 fully saturated rings. The van der Waals surface area contributed by atoms with Crippen LogP contribution in [0, 0.1) is 0 Å². The Morgan fingerprint density at radius 3 is 1.05 bits per heavy atom. The lowest BCUT2D eigenvalue weighted by Crippen LogP contribution is -3.00. The van der Waals surface area contributed by atoms with E-state index in [1.54, 1.807) is 60.7 Å². The number of halogens is 3. The first-order valence-corrected chi connectivity index (χ1v) is 17.5. The predicted molar refractivity (Wildman–Crippen MR) is 207 cm³/mol. The lowest BCUT2D eigenvalue weighted by Gasteiger charge is -2.17. The number of hydrogen-bond acceptors (Lipinski definition) is 13. The average molecular weight is 829 g/mol. The zero-order chi connectivity index (χ0) is 39.8. The van der Waals surface area contributed by atoms with Gasteiger partial charge in [0, 0.05) is 33.9 Å². The highest BCUT2D eigenvalue weighted by molar-refractivity contribution is 6.68. The van der Waals surface area contributed by atoms with Gasteiger partial charge in [0.05, 0.1) is 5.56 Å². The Hall–Kier alpha value is -4.53. The van der Waals surface area contributed by atoms with Gasteiger partial charge in [0.2, 0.25) is 0 Å². The van der Waals surface area contributed by atoms with Crippen LogP contribution >= 0.6 is 24.0 Å². The highest BCUT2D eigenvalue weighted by Gasteiger charge is 2.16. The van der Waals surface area contributed by atoms with Crippen molar-refractivity contribution in [2.45, 2.75) is 48.5 Å². The molecule has 55 heavy (non-hydrogen) atoms. The summed E-state index contributed by atoms with van der Waals surface area (Å²) < 4.78 is 25.2. The molecule has 13 nitrogen and oxygen atoms in total. The van der Waals surface area contributed by atoms with Gasteiger partial charge in [-0.1, -0.05) is 64.1 Å². The van der Waals surface area contributed by atoms with E-state index in [-0.39, 0.29) is 58.8 Å². The minimum atomic E-state index is -0.642. The van der Waals surface area contributed by atoms with Crippen molar-refractivity contribution >= 4 is 59.1 Å². The van der Waals surface area contributed by atoms with E-state index in [0.717, 1.165) is 26.2 Å². The van der Waals surface area contributed by atoms with Crippen LogP contribution in [0.4, 0.5) is 0 Å². The third-order valence-corrected chi connectivity index (χ3v) is 7.35. The van der Waals surface area contributed by atoms with Gasteiger partial charge in [0.1, 0.15) is 41.6 Å². The topological polar surface area (TPSA) is 155 Å². The van der Waals surface area contributed by atoms with Crippen molar-refractivity contribution in [2.75, 3.05) is 52.5 Å². The van der Waals surface area contributed by atoms with Crippen LogP contribution in [0.5, 0.6) is 17.2 Å². The smallest absolute Gasteiger partial charge is 0.341 e. The maximum Gasteiger partial charge on any atom is 0.341 e. The summed E-state index contributed by atoms with van der Waals surface area (Å²) in [5.74, 6) is -1.72. The molecule has 0 bridgehead atoms. The number of likely N-dealkylation sites (N-methyl/N-ethyl adjacent to an activating group) is 2. The van der Waals surface area contributed by atoms with E-state index < -0.39 is 35.1 Å². The Bertz CT molecular complexity index is 1560. The Balaban J connectivity index is 0. The number of carbonyl (C=O) groups excluding carboxylic acids is 6. The molecule has 16 heteroatoms. The number of carbonyl (C=O) groups is 6. The van der Waals surface area contributed by atoms with Gasteiger partial charge in [-0.05, 0) is 74.2 Å². The predicted octanol–water partition coefficient (Wildman–Crippen LogP) is 3.64. The van der Waals surface area contributed by atoms with Crippen LogP contribution in [0.15, 0.2) is 72.8 Å². The summed E-state index contributed by atoms with van der Waals surface area (Å²) in [6.45, 7) is 17.7. The average Bonchev–Trinajstić information content (AvgIpc) is 3.12. The fourth-order valence-corrected chi connectivity index (χ4v) is 4.56. The van der Waals surface area contributed by atoms with Crippen molar-refractivity contribution in [3.05, 3.63) is 89.5 Å². The summed E-state index contributed by atoms with van der Waals surface area (Å²) >= 11 is 5.26. The lowest BCUT2D eigenvalue weighted by molar-refractivity contribution is -0.132. The van der Waals surface area contributed by atoms with E-state index in [2.05, 4.69) is 37.5 Å². The maximum absolute atomic E-state index is 12.0. The molecule has 0 heterocycles. The number of nitrogens with zero attached hydrogens (tertiary/aromatic N) is 2. The SMILES string of the molecule is CC(=O)Oc1ccccc1C(=O)Cl.CCN(CC)CCOC(=O)c1ccccc1OC(C)=O.CCN(CC)CCOC(=O)c1ccccc1OC(C)=O.Cl.[Cl-]. The number of para-hydroxylation sites is 3. The molecule has 0 aliphatic carbocycles. The highest BCUT2D eigenvalue weighted by atomic mass is 35.5. The monoisotopic (exact) mass is 827 g/mol. The third kappa shape index (κ3) is 21.2. The Labute approximate surface area is 340 Å². The molecule has 0 saturated heterocycles. The largest absolute Gasteiger partial charge is 1.00 e. The second kappa shape index (κ2) is 29.8. The zero-order valence-electron chi connectivity index (χ0n) is 32.1. The third-order valence-electron chi connectivity index (χ3n) is 7.14. The fourth-order valence-electron chi connectivity index (χ4n) is 4.40. The molecular formula is C39H50Cl3N2O11-. The first-order valence-electron chi connectivity index (χ1n) is 17.1. The van der Waals surface area contributed by atoms with E-state index in [1.165, 1.54) is 32.9 Å². The highest BCUT2D eigenvalue weighted by Crippen LogP contribution is 2.21. The molecule has 304 valence electrons. The van der Waals surface area contributed by atoms with Crippen molar-refractivity contribution in [1.29, 1.82) is 0 Å². The molecule has 0 atom stereocenters. The van der Waals surface area contributed by atoms with E-state index in [4.69, 9.17) is 35.3 Å². The van der Waals surface area contributed by atoms with E-state index in [0.29, 0.717) is 26.3 Å². The second-order valence-corrected chi connectivity index (χ2v) is 11.2. The van der Waals surface area contributed by atoms with Gasteiger partial charge in [-0.15, -0.1) is 12.4 Å². The summed E-state index contributed by atoms with van der Waals surface area (Å²) in [6, 6.07) is 19.4. The molecule has 3 aromatic rings. The Morgan fingerprint density at radius 2 is 0.782 bits per heavy atom. The molecule has 0 saturated carbocycles. The Morgan fingerprint density at radius 1 is 0.509 bits per heavy atom. The lowest BCUT2D eigenvalue weighted by atomic mass is 10.2. The number of hydrogen-bond donors (Lipinski definition) is 0. The first-order chi connectivity index (χ1) is 25.3. The van der Waals surface area contributed by atoms with Crippen molar-refractivity contribution in [2.24, 2.45) is 0 Å². The minimum Gasteiger partial charge on any atom is -1.00 e. The van der Waals surface area contributed by atoms with Crippen molar-refractivity contribution in [3.63, 3.8) is 0 Å². The molecule has 0 radical (unpaired) electrons. The number of ether oxygens (including phenoxy) is 5. The van der Waals surface area contributed by atoms with Crippen molar-refractivity contribution in [3.8, 4) is 17.2 Å². The first kappa shape index (κ1) is 52.6. The van der Waals surface area contributed by atoms with E-state index in [1.807, 2.05) is 0 Å². The van der Waals surface area contributed by atoms with Gasteiger partial charge >= 0.3 is 29.8 Å². The van der Waals surface area contributed by atoms with Gasteiger partial charge < -0.3 is 45.9 Å². The van der Waals surface area contributed by atoms with Crippen LogP contribution in [-0.2, 0) is 23.9 Å². The van der Waals surface area contributed by atoms with Crippen LogP contribution in [0.1, 0.15) is 79.5 Å². The second-order valence-electron chi connectivity index (χ2n) is 10.9. The van der Waals surface area contributed by atoms with E-state index >= 15 is 0 Å². The summed E-state index contributed by atoms with van der Waals surface area (Å²) in [6.07, 6.45) is 0. The number of esters is 5. The molecule has 0 aliphatic heterocycles. The van der Waals surface area contributed by atoms with Crippen LogP contribution < -0.4 is 26.6 Å². The van der Waals surface area contributed by atoms with Crippen LogP contribution in [0.3, 0.4) is 0 Å². The van der Waals surface area contributed by atoms with Crippen molar-refractivity contribution in [1.82, 2.24) is 9.80 Å². The maximum atomic E-state index is 12.0. The standard InChI is InChI=1S/2C15H21NO4.C9H7ClO3.2ClH/c2*1-4-16(5-2)10-11-19-15(18)13-8-6-7-9-14(13)20-12(3)17;1-6(11)13-8-5-3-2-4-7(8)9(10)12;;/h2*6-9H,4-5,10-11H2,1-3H3;2-5H,1H3;2*1H/p-1. The molecular weight excluding hydrogens is 779 g/mol. The fraction of sp³-hybridized carbons (Fsp3) is 0.385. The summed E-state index contributed by atoms with van der Waals surface area (Å²) in [7, 11) is 0. The quantitative estimate of drug-likeness (QED) is 0.117. The van der Waals surface area contributed by atoms with Gasteiger partial charge in [-0.25, -0.2) is 9.59 Å². The molecule has 0 aromatic heterocycles. The number of benzene rings is 3. The molecule has 0 spiro atoms. The summed E-state index contributed by atoms with van der Waals surface area (Å²) in [5.41, 5.74) is 0.726. The van der Waals surface area contributed by atoms with Crippen LogP contribution in [0.25, 0.3) is 0 Å². The molecule has 0 amide bonds. The molecule has 0 N–H and O–H groups in total. The van der Waals surface area contributed by atoms with Crippen molar-refractivity contribution < 1.29 is 64.9 Å². The van der Waals surface area contributed by atoms with Gasteiger partial charge in [-0.3, -0.25) is 19.2 Å². The molecule has 3 aromatic carbocycles. The van der Waals surface area contributed by atoms with Gasteiger partial charge in [-0.2, -0.15) is 0 Å². The summed E-state index contributed by atoms with van der Waals surface area (Å²) in [4.78, 5) is 71.7. The number of rotatable bonds is 16. The van der Waals surface area contributed by atoms with Crippen LogP contribution in [0.2, 0.25) is 0 Å². The normalized spacial score (nSPS) is 9.78. The van der Waals surface area contributed by atoms with Gasteiger partial charge in [0.25, 0.3) is 5.24 Å². The van der Waals surface area contributed by atoms with Gasteiger partial charge in [0.15, 0.2) is 0 Å². The zero-order valence-corrected chi connectivity index (χ0v) is 34.5.